The first-order valence-electron chi connectivity index (χ1n) is 11.7. The molecule has 1 aromatic carbocycles. The molecule has 0 atom stereocenters. The summed E-state index contributed by atoms with van der Waals surface area (Å²) in [5.41, 5.74) is 8.32. The summed E-state index contributed by atoms with van der Waals surface area (Å²) in [7, 11) is 1.60. The van der Waals surface area contributed by atoms with Crippen LogP contribution >= 0.6 is 11.3 Å². The molecule has 0 fully saturated rings. The highest BCUT2D eigenvalue weighted by molar-refractivity contribution is 7.19. The number of methoxy groups -OCH3 is 1. The quantitative estimate of drug-likeness (QED) is 0.375. The molecule has 3 heterocycles. The fourth-order valence-electron chi connectivity index (χ4n) is 4.34. The average molecular weight is 489 g/mol. The fraction of sp³-hybridized carbons (Fsp3) is 0.308. The maximum absolute atomic E-state index is 12.3. The molecule has 9 heteroatoms. The molecule has 0 radical (unpaired) electrons. The van der Waals surface area contributed by atoms with Crippen molar-refractivity contribution in [3.8, 4) is 27.5 Å². The molecule has 3 aromatic heterocycles. The van der Waals surface area contributed by atoms with Crippen LogP contribution in [0.4, 0.5) is 9.93 Å². The van der Waals surface area contributed by atoms with Crippen molar-refractivity contribution in [1.82, 2.24) is 25.1 Å². The topological polar surface area (TPSA) is 94.0 Å². The lowest BCUT2D eigenvalue weighted by Crippen LogP contribution is -2.31. The zero-order chi connectivity index (χ0) is 24.4. The lowest BCUT2D eigenvalue weighted by molar-refractivity contribution is 0.198. The van der Waals surface area contributed by atoms with Crippen molar-refractivity contribution in [3.05, 3.63) is 65.1 Å². The van der Waals surface area contributed by atoms with Crippen molar-refractivity contribution >= 4 is 22.5 Å². The number of thiazole rings is 1. The SMILES string of the molecule is COCCNC(=O)Nc1nc2c(s1)-c1c(c(-c3ccc(C)nc3)nn1-c1ccccc1C)CCC2. The van der Waals surface area contributed by atoms with Gasteiger partial charge in [-0.3, -0.25) is 10.3 Å². The number of aryl methyl sites for hydroxylation is 3. The number of nitrogens with one attached hydrogen (secondary N) is 2. The number of nitrogens with zero attached hydrogens (tertiary/aromatic N) is 4. The van der Waals surface area contributed by atoms with Crippen LogP contribution in [-0.4, -0.2) is 46.0 Å². The van der Waals surface area contributed by atoms with Crippen molar-refractivity contribution in [2.45, 2.75) is 33.1 Å². The van der Waals surface area contributed by atoms with Gasteiger partial charge in [0.05, 0.1) is 34.3 Å². The Morgan fingerprint density at radius 2 is 2.03 bits per heavy atom. The van der Waals surface area contributed by atoms with Gasteiger partial charge in [-0.05, 0) is 56.9 Å². The highest BCUT2D eigenvalue weighted by atomic mass is 32.1. The smallest absolute Gasteiger partial charge is 0.321 e. The summed E-state index contributed by atoms with van der Waals surface area (Å²) < 4.78 is 7.05. The minimum absolute atomic E-state index is 0.287. The number of benzene rings is 1. The summed E-state index contributed by atoms with van der Waals surface area (Å²) in [6.45, 7) is 4.97. The number of amides is 2. The lowest BCUT2D eigenvalue weighted by Gasteiger charge is -2.10. The van der Waals surface area contributed by atoms with E-state index < -0.39 is 0 Å². The highest BCUT2D eigenvalue weighted by Gasteiger charge is 2.29. The third kappa shape index (κ3) is 4.69. The van der Waals surface area contributed by atoms with E-state index in [2.05, 4.69) is 40.7 Å². The van der Waals surface area contributed by atoms with Gasteiger partial charge >= 0.3 is 6.03 Å². The summed E-state index contributed by atoms with van der Waals surface area (Å²) in [6, 6.07) is 12.1. The van der Waals surface area contributed by atoms with Crippen molar-refractivity contribution in [3.63, 3.8) is 0 Å². The van der Waals surface area contributed by atoms with E-state index >= 15 is 0 Å². The zero-order valence-corrected chi connectivity index (χ0v) is 20.9. The molecule has 0 saturated heterocycles. The van der Waals surface area contributed by atoms with Crippen molar-refractivity contribution in [2.75, 3.05) is 25.6 Å². The van der Waals surface area contributed by atoms with Gasteiger partial charge in [-0.15, -0.1) is 0 Å². The van der Waals surface area contributed by atoms with Crippen LogP contribution in [-0.2, 0) is 17.6 Å². The Bertz CT molecular complexity index is 1360. The van der Waals surface area contributed by atoms with Crippen LogP contribution in [0.5, 0.6) is 0 Å². The minimum atomic E-state index is -0.287. The molecule has 0 spiro atoms. The Balaban J connectivity index is 1.62. The number of fused-ring (bicyclic) bond motifs is 3. The number of anilines is 1. The molecule has 0 unspecified atom stereocenters. The first kappa shape index (κ1) is 23.2. The maximum atomic E-state index is 12.3. The largest absolute Gasteiger partial charge is 0.383 e. The van der Waals surface area contributed by atoms with E-state index in [1.54, 1.807) is 7.11 Å². The monoisotopic (exact) mass is 488 g/mol. The Morgan fingerprint density at radius 1 is 1.17 bits per heavy atom. The normalized spacial score (nSPS) is 12.5. The number of hydrogen-bond donors (Lipinski definition) is 2. The number of aromatic nitrogens is 4. The summed E-state index contributed by atoms with van der Waals surface area (Å²) >= 11 is 1.49. The van der Waals surface area contributed by atoms with Crippen LogP contribution in [0, 0.1) is 13.8 Å². The molecule has 4 aromatic rings. The van der Waals surface area contributed by atoms with Gasteiger partial charge in [-0.25, -0.2) is 14.5 Å². The van der Waals surface area contributed by atoms with Gasteiger partial charge in [0.15, 0.2) is 5.13 Å². The number of carbonyl (C=O) groups is 1. The molecule has 5 rings (SSSR count). The van der Waals surface area contributed by atoms with Crippen molar-refractivity contribution in [1.29, 1.82) is 0 Å². The first-order chi connectivity index (χ1) is 17.0. The van der Waals surface area contributed by atoms with Crippen LogP contribution in [0.25, 0.3) is 27.5 Å². The van der Waals surface area contributed by atoms with Crippen LogP contribution in [0.15, 0.2) is 42.6 Å². The number of pyridine rings is 1. The van der Waals surface area contributed by atoms with Crippen LogP contribution in [0.2, 0.25) is 0 Å². The highest BCUT2D eigenvalue weighted by Crippen LogP contribution is 2.43. The molecule has 8 nitrogen and oxygen atoms in total. The third-order valence-electron chi connectivity index (χ3n) is 6.08. The number of rotatable bonds is 6. The second-order valence-corrected chi connectivity index (χ2v) is 9.58. The van der Waals surface area contributed by atoms with Gasteiger partial charge in [-0.1, -0.05) is 29.5 Å². The molecule has 35 heavy (non-hydrogen) atoms. The zero-order valence-electron chi connectivity index (χ0n) is 20.1. The molecular formula is C26H28N6O2S. The van der Waals surface area contributed by atoms with Gasteiger partial charge in [0.1, 0.15) is 0 Å². The van der Waals surface area contributed by atoms with Gasteiger partial charge in [0.2, 0.25) is 0 Å². The molecule has 0 aliphatic heterocycles. The molecule has 2 amide bonds. The van der Waals surface area contributed by atoms with Gasteiger partial charge < -0.3 is 10.1 Å². The predicted octanol–water partition coefficient (Wildman–Crippen LogP) is 4.93. The molecule has 2 N–H and O–H groups in total. The van der Waals surface area contributed by atoms with Crippen LogP contribution in [0.3, 0.4) is 0 Å². The van der Waals surface area contributed by atoms with Crippen LogP contribution < -0.4 is 10.6 Å². The number of para-hydroxylation sites is 1. The third-order valence-corrected chi connectivity index (χ3v) is 7.10. The molecule has 0 saturated carbocycles. The maximum Gasteiger partial charge on any atom is 0.321 e. The number of hydrogen-bond acceptors (Lipinski definition) is 6. The van der Waals surface area contributed by atoms with E-state index in [4.69, 9.17) is 14.8 Å². The number of urea groups is 1. The molecule has 1 aliphatic rings. The second-order valence-electron chi connectivity index (χ2n) is 8.58. The van der Waals surface area contributed by atoms with Crippen molar-refractivity contribution < 1.29 is 9.53 Å². The molecule has 180 valence electrons. The predicted molar refractivity (Wildman–Crippen MR) is 138 cm³/mol. The Labute approximate surface area is 208 Å². The molecule has 1 aliphatic carbocycles. The fourth-order valence-corrected chi connectivity index (χ4v) is 5.40. The number of carbonyl (C=O) groups excluding carboxylic acids is 1. The van der Waals surface area contributed by atoms with Crippen molar-refractivity contribution in [2.24, 2.45) is 0 Å². The average Bonchev–Trinajstić information content (AvgIpc) is 3.36. The Kier molecular flexibility index (Phi) is 6.61. The Hall–Kier alpha value is -3.56. The van der Waals surface area contributed by atoms with E-state index in [0.717, 1.165) is 63.7 Å². The summed E-state index contributed by atoms with van der Waals surface area (Å²) in [6.07, 6.45) is 4.59. The van der Waals surface area contributed by atoms with E-state index in [1.807, 2.05) is 36.0 Å². The van der Waals surface area contributed by atoms with Gasteiger partial charge in [0, 0.05) is 36.7 Å². The molecular weight excluding hydrogens is 460 g/mol. The first-order valence-corrected chi connectivity index (χ1v) is 12.5. The van der Waals surface area contributed by atoms with Crippen LogP contribution in [0.1, 0.15) is 28.9 Å². The van der Waals surface area contributed by atoms with E-state index in [-0.39, 0.29) is 6.03 Å². The molecule has 0 bridgehead atoms. The van der Waals surface area contributed by atoms with Gasteiger partial charge in [-0.2, -0.15) is 5.10 Å². The lowest BCUT2D eigenvalue weighted by atomic mass is 10.0. The second kappa shape index (κ2) is 9.97. The van der Waals surface area contributed by atoms with E-state index in [1.165, 1.54) is 16.9 Å². The summed E-state index contributed by atoms with van der Waals surface area (Å²) in [4.78, 5) is 22.7. The summed E-state index contributed by atoms with van der Waals surface area (Å²) in [5, 5.41) is 11.4. The minimum Gasteiger partial charge on any atom is -0.383 e. The standard InChI is InChI=1S/C26H28N6O2S/c1-16-7-4-5-10-21(16)32-23-19(22(31-32)18-12-11-17(2)28-15-18)8-6-9-20-24(23)35-26(29-20)30-25(33)27-13-14-34-3/h4-5,7,10-12,15H,6,8-9,13-14H2,1-3H3,(H2,27,29,30,33). The summed E-state index contributed by atoms with van der Waals surface area (Å²) in [5.74, 6) is 0. The van der Waals surface area contributed by atoms with E-state index in [9.17, 15) is 4.79 Å². The number of ether oxygens (including phenoxy) is 1. The van der Waals surface area contributed by atoms with E-state index in [0.29, 0.717) is 18.3 Å². The Morgan fingerprint density at radius 3 is 2.80 bits per heavy atom. The van der Waals surface area contributed by atoms with Gasteiger partial charge in [0.25, 0.3) is 0 Å².